The fourth-order valence-corrected chi connectivity index (χ4v) is 10.3. The van der Waals surface area contributed by atoms with Crippen LogP contribution in [0.5, 0.6) is 0 Å². The van der Waals surface area contributed by atoms with Crippen LogP contribution in [0, 0.1) is 0 Å². The fraction of sp³-hybridized carbons (Fsp3) is 0.294. The average Bonchev–Trinajstić information content (AvgIpc) is 3.27. The van der Waals surface area contributed by atoms with Crippen LogP contribution in [0.15, 0.2) is 77.7 Å². The molecule has 194 valence electrons. The standard InChI is InChI=1S/C34H40SSi3/c1-36(2,3)23-11-15-27-26-14-10-22(35)18-30(26)34(31(27)19-23)32-20-24(37(4,5)6)12-16-28(32)29-17-13-25(21-33(29)34)38(7,8)9/h10-21,35H,1-9H3. The van der Waals surface area contributed by atoms with Gasteiger partial charge in [-0.3, -0.25) is 0 Å². The van der Waals surface area contributed by atoms with E-state index in [0.29, 0.717) is 0 Å². The lowest BCUT2D eigenvalue weighted by Crippen LogP contribution is -2.41. The maximum atomic E-state index is 4.90. The normalized spacial score (nSPS) is 15.3. The Hall–Kier alpha value is -2.12. The average molecular weight is 565 g/mol. The van der Waals surface area contributed by atoms with E-state index < -0.39 is 24.2 Å². The fourth-order valence-electron chi connectivity index (χ4n) is 6.62. The Balaban J connectivity index is 1.83. The molecule has 38 heavy (non-hydrogen) atoms. The van der Waals surface area contributed by atoms with E-state index in [1.165, 1.54) is 60.1 Å². The molecule has 0 saturated carbocycles. The van der Waals surface area contributed by atoms with Gasteiger partial charge < -0.3 is 0 Å². The van der Waals surface area contributed by atoms with Gasteiger partial charge in [0.05, 0.1) is 29.6 Å². The molecule has 0 aliphatic heterocycles. The summed E-state index contributed by atoms with van der Waals surface area (Å²) >= 11 is 4.90. The second kappa shape index (κ2) is 8.20. The van der Waals surface area contributed by atoms with Crippen LogP contribution in [-0.4, -0.2) is 24.2 Å². The van der Waals surface area contributed by atoms with Gasteiger partial charge in [-0.1, -0.05) is 135 Å². The van der Waals surface area contributed by atoms with E-state index in [4.69, 9.17) is 12.6 Å². The van der Waals surface area contributed by atoms with Gasteiger partial charge in [-0.05, 0) is 56.6 Å². The van der Waals surface area contributed by atoms with Crippen molar-refractivity contribution in [2.24, 2.45) is 0 Å². The van der Waals surface area contributed by atoms with Gasteiger partial charge in [-0.25, -0.2) is 0 Å². The number of hydrogen-bond donors (Lipinski definition) is 1. The third kappa shape index (κ3) is 3.67. The smallest absolute Gasteiger partial charge is 0.0776 e. The highest BCUT2D eigenvalue weighted by Crippen LogP contribution is 2.62. The molecule has 0 nitrogen and oxygen atoms in total. The summed E-state index contributed by atoms with van der Waals surface area (Å²) in [6.07, 6.45) is 0. The second-order valence-corrected chi connectivity index (χ2v) is 30.3. The van der Waals surface area contributed by atoms with Crippen molar-refractivity contribution in [3.63, 3.8) is 0 Å². The van der Waals surface area contributed by atoms with Gasteiger partial charge in [0.15, 0.2) is 0 Å². The maximum Gasteiger partial charge on any atom is 0.0776 e. The molecule has 0 saturated heterocycles. The van der Waals surface area contributed by atoms with Gasteiger partial charge in [-0.15, -0.1) is 12.6 Å². The number of rotatable bonds is 3. The molecule has 0 N–H and O–H groups in total. The highest BCUT2D eigenvalue weighted by atomic mass is 32.1. The summed E-state index contributed by atoms with van der Waals surface area (Å²) in [5.74, 6) is 0. The zero-order valence-corrected chi connectivity index (χ0v) is 28.3. The van der Waals surface area contributed by atoms with Gasteiger partial charge in [-0.2, -0.15) is 0 Å². The Morgan fingerprint density at radius 2 is 0.711 bits per heavy atom. The molecule has 4 heteroatoms. The molecular formula is C34H40SSi3. The van der Waals surface area contributed by atoms with E-state index in [0.717, 1.165) is 4.90 Å². The van der Waals surface area contributed by atoms with Crippen LogP contribution in [0.25, 0.3) is 22.3 Å². The lowest BCUT2D eigenvalue weighted by molar-refractivity contribution is 0.793. The van der Waals surface area contributed by atoms with Crippen molar-refractivity contribution in [2.75, 3.05) is 0 Å². The molecular weight excluding hydrogens is 525 g/mol. The van der Waals surface area contributed by atoms with E-state index >= 15 is 0 Å². The minimum absolute atomic E-state index is 0.297. The Bertz CT molecular complexity index is 1530. The first-order valence-corrected chi connectivity index (χ1v) is 24.9. The van der Waals surface area contributed by atoms with Crippen LogP contribution >= 0.6 is 12.6 Å². The van der Waals surface area contributed by atoms with Crippen molar-refractivity contribution < 1.29 is 0 Å². The number of thiol groups is 1. The summed E-state index contributed by atoms with van der Waals surface area (Å²) in [7, 11) is -4.57. The molecule has 0 bridgehead atoms. The Morgan fingerprint density at radius 3 is 1.03 bits per heavy atom. The molecule has 2 aliphatic rings. The van der Waals surface area contributed by atoms with Gasteiger partial charge in [0.2, 0.25) is 0 Å². The predicted octanol–water partition coefficient (Wildman–Crippen LogP) is 7.95. The van der Waals surface area contributed by atoms with Crippen LogP contribution < -0.4 is 15.6 Å². The number of benzene rings is 4. The summed E-state index contributed by atoms with van der Waals surface area (Å²) in [5.41, 5.74) is 11.1. The van der Waals surface area contributed by atoms with Crippen molar-refractivity contribution in [3.8, 4) is 22.3 Å². The van der Waals surface area contributed by atoms with E-state index in [2.05, 4.69) is 132 Å². The monoisotopic (exact) mass is 564 g/mol. The first-order chi connectivity index (χ1) is 17.6. The summed E-state index contributed by atoms with van der Waals surface area (Å²) in [6, 6.07) is 29.2. The molecule has 0 unspecified atom stereocenters. The maximum absolute atomic E-state index is 4.90. The lowest BCUT2D eigenvalue weighted by atomic mass is 9.70. The molecule has 4 aromatic rings. The molecule has 0 heterocycles. The van der Waals surface area contributed by atoms with Crippen LogP contribution in [0.3, 0.4) is 0 Å². The molecule has 0 aromatic heterocycles. The van der Waals surface area contributed by atoms with E-state index in [-0.39, 0.29) is 5.41 Å². The molecule has 0 fully saturated rings. The van der Waals surface area contributed by atoms with Crippen molar-refractivity contribution in [3.05, 3.63) is 95.1 Å². The van der Waals surface area contributed by atoms with Gasteiger partial charge in [0, 0.05) is 4.90 Å². The third-order valence-corrected chi connectivity index (χ3v) is 15.3. The SMILES string of the molecule is C[Si](C)(C)c1ccc2c(c1)C1(c3cc(S)ccc3-2)c2cc([Si](C)(C)C)ccc2-c2ccc([Si](C)(C)C)cc21. The minimum atomic E-state index is -1.52. The van der Waals surface area contributed by atoms with Gasteiger partial charge in [0.25, 0.3) is 0 Å². The van der Waals surface area contributed by atoms with Crippen LogP contribution in [0.2, 0.25) is 58.9 Å². The van der Waals surface area contributed by atoms with Crippen LogP contribution in [0.4, 0.5) is 0 Å². The summed E-state index contributed by atoms with van der Waals surface area (Å²) in [6.45, 7) is 22.2. The zero-order chi connectivity index (χ0) is 27.4. The first kappa shape index (κ1) is 26.1. The van der Waals surface area contributed by atoms with E-state index in [1.54, 1.807) is 0 Å². The van der Waals surface area contributed by atoms with Crippen LogP contribution in [-0.2, 0) is 5.41 Å². The Kier molecular flexibility index (Phi) is 5.64. The van der Waals surface area contributed by atoms with E-state index in [1.807, 2.05) is 0 Å². The third-order valence-electron chi connectivity index (χ3n) is 8.86. The molecule has 0 radical (unpaired) electrons. The van der Waals surface area contributed by atoms with Crippen LogP contribution in [0.1, 0.15) is 22.3 Å². The molecule has 0 atom stereocenters. The van der Waals surface area contributed by atoms with Crippen molar-refractivity contribution in [1.29, 1.82) is 0 Å². The molecule has 4 aromatic carbocycles. The molecule has 1 spiro atoms. The summed E-state index contributed by atoms with van der Waals surface area (Å²) < 4.78 is 0. The highest BCUT2D eigenvalue weighted by molar-refractivity contribution is 7.80. The second-order valence-electron chi connectivity index (χ2n) is 14.5. The highest BCUT2D eigenvalue weighted by Gasteiger charge is 2.52. The quantitative estimate of drug-likeness (QED) is 0.164. The molecule has 2 aliphatic carbocycles. The Labute approximate surface area is 238 Å². The molecule has 0 amide bonds. The number of fused-ring (bicyclic) bond motifs is 10. The first-order valence-electron chi connectivity index (χ1n) is 13.9. The van der Waals surface area contributed by atoms with E-state index in [9.17, 15) is 0 Å². The van der Waals surface area contributed by atoms with Gasteiger partial charge in [0.1, 0.15) is 0 Å². The lowest BCUT2D eigenvalue weighted by Gasteiger charge is -2.33. The Morgan fingerprint density at radius 1 is 0.421 bits per heavy atom. The topological polar surface area (TPSA) is 0 Å². The number of hydrogen-bond acceptors (Lipinski definition) is 1. The summed E-state index contributed by atoms with van der Waals surface area (Å²) in [4.78, 5) is 1.04. The van der Waals surface area contributed by atoms with Crippen molar-refractivity contribution in [2.45, 2.75) is 69.2 Å². The largest absolute Gasteiger partial charge is 0.143 e. The predicted molar refractivity (Wildman–Crippen MR) is 179 cm³/mol. The van der Waals surface area contributed by atoms with Crippen molar-refractivity contribution >= 4 is 52.4 Å². The molecule has 6 rings (SSSR count). The van der Waals surface area contributed by atoms with Crippen molar-refractivity contribution in [1.82, 2.24) is 0 Å². The zero-order valence-electron chi connectivity index (χ0n) is 24.4. The minimum Gasteiger partial charge on any atom is -0.143 e. The van der Waals surface area contributed by atoms with Gasteiger partial charge >= 0.3 is 0 Å². The summed E-state index contributed by atoms with van der Waals surface area (Å²) in [5, 5.41) is 4.60.